The molecule has 1 aromatic carbocycles. The number of piperazine rings is 1. The number of hydrogen-bond donors (Lipinski definition) is 1. The van der Waals surface area contributed by atoms with Crippen LogP contribution < -0.4 is 15.0 Å². The van der Waals surface area contributed by atoms with Crippen LogP contribution in [0.15, 0.2) is 48.4 Å². The van der Waals surface area contributed by atoms with Crippen LogP contribution in [0.4, 0.5) is 21.7 Å². The molecule has 3 heterocycles. The average Bonchev–Trinajstić information content (AvgIpc) is 3.18. The van der Waals surface area contributed by atoms with Gasteiger partial charge in [-0.25, -0.2) is 19.3 Å². The molecule has 1 fully saturated rings. The molecule has 2 aromatic heterocycles. The second-order valence-corrected chi connectivity index (χ2v) is 8.28. The maximum atomic E-state index is 14.8. The Balaban J connectivity index is 1.27. The quantitative estimate of drug-likeness (QED) is 0.646. The first-order valence-corrected chi connectivity index (χ1v) is 10.7. The zero-order valence-corrected chi connectivity index (χ0v) is 18.2. The number of benzene rings is 1. The normalized spacial score (nSPS) is 16.0. The van der Waals surface area contributed by atoms with Gasteiger partial charge in [-0.05, 0) is 44.2 Å². The van der Waals surface area contributed by atoms with E-state index in [2.05, 4.69) is 43.2 Å². The zero-order chi connectivity index (χ0) is 22.1. The molecule has 1 N–H and O–H groups in total. The van der Waals surface area contributed by atoms with Gasteiger partial charge in [0.25, 0.3) is 0 Å². The van der Waals surface area contributed by atoms with Gasteiger partial charge in [-0.2, -0.15) is 0 Å². The van der Waals surface area contributed by atoms with Crippen LogP contribution in [0.2, 0.25) is 0 Å². The lowest BCUT2D eigenvalue weighted by Gasteiger charge is -2.33. The first-order chi connectivity index (χ1) is 15.5. The highest BCUT2D eigenvalue weighted by Crippen LogP contribution is 2.34. The van der Waals surface area contributed by atoms with Crippen molar-refractivity contribution in [3.05, 3.63) is 65.4 Å². The maximum absolute atomic E-state index is 14.8. The van der Waals surface area contributed by atoms with E-state index in [1.54, 1.807) is 12.1 Å². The summed E-state index contributed by atoms with van der Waals surface area (Å²) in [6.07, 6.45) is 5.88. The predicted molar refractivity (Wildman–Crippen MR) is 123 cm³/mol. The number of nitrogens with one attached hydrogen (secondary N) is 1. The first-order valence-electron chi connectivity index (χ1n) is 10.7. The van der Waals surface area contributed by atoms with Gasteiger partial charge in [-0.3, -0.25) is 0 Å². The summed E-state index contributed by atoms with van der Waals surface area (Å²) in [6, 6.07) is 9.14. The molecule has 8 heteroatoms. The van der Waals surface area contributed by atoms with E-state index in [-0.39, 0.29) is 17.4 Å². The van der Waals surface area contributed by atoms with Crippen LogP contribution >= 0.6 is 0 Å². The van der Waals surface area contributed by atoms with E-state index in [1.807, 2.05) is 31.3 Å². The van der Waals surface area contributed by atoms with Gasteiger partial charge in [0.05, 0.1) is 11.9 Å². The van der Waals surface area contributed by atoms with Gasteiger partial charge < -0.3 is 19.9 Å². The minimum Gasteiger partial charge on any atom is -0.436 e. The van der Waals surface area contributed by atoms with Crippen molar-refractivity contribution >= 4 is 23.4 Å². The van der Waals surface area contributed by atoms with Crippen LogP contribution in [-0.4, -0.2) is 53.1 Å². The zero-order valence-electron chi connectivity index (χ0n) is 18.2. The van der Waals surface area contributed by atoms with Crippen molar-refractivity contribution in [2.45, 2.75) is 13.3 Å². The molecule has 32 heavy (non-hydrogen) atoms. The molecule has 1 aliphatic carbocycles. The third-order valence-electron chi connectivity index (χ3n) is 5.82. The van der Waals surface area contributed by atoms with Crippen molar-refractivity contribution in [3.63, 3.8) is 0 Å². The Hall–Kier alpha value is -3.52. The summed E-state index contributed by atoms with van der Waals surface area (Å²) in [7, 11) is 2.14. The van der Waals surface area contributed by atoms with Crippen LogP contribution in [-0.2, 0) is 6.42 Å². The van der Waals surface area contributed by atoms with Crippen molar-refractivity contribution in [3.8, 4) is 11.6 Å². The number of anilines is 3. The SMILES string of the molecule is CC1=Cc2c(ccc(Oc3cc(Nc4ccc(N5CCN(C)CC5)cn4)ncn3)c2F)C1. The number of allylic oxidation sites excluding steroid dienone is 1. The monoisotopic (exact) mass is 432 g/mol. The molecule has 3 aromatic rings. The molecule has 0 bridgehead atoms. The number of fused-ring (bicyclic) bond motifs is 1. The van der Waals surface area contributed by atoms with Crippen molar-refractivity contribution in [1.82, 2.24) is 19.9 Å². The topological polar surface area (TPSA) is 66.4 Å². The summed E-state index contributed by atoms with van der Waals surface area (Å²) in [5, 5.41) is 3.16. The second-order valence-electron chi connectivity index (χ2n) is 8.28. The Bertz CT molecular complexity index is 1160. The highest BCUT2D eigenvalue weighted by molar-refractivity contribution is 5.66. The van der Waals surface area contributed by atoms with E-state index in [0.29, 0.717) is 17.2 Å². The van der Waals surface area contributed by atoms with Crippen molar-refractivity contribution < 1.29 is 9.13 Å². The van der Waals surface area contributed by atoms with Gasteiger partial charge in [0, 0.05) is 37.8 Å². The Labute approximate surface area is 186 Å². The molecule has 7 nitrogen and oxygen atoms in total. The third-order valence-corrected chi connectivity index (χ3v) is 5.82. The van der Waals surface area contributed by atoms with Gasteiger partial charge >= 0.3 is 0 Å². The molecule has 2 aliphatic rings. The molecule has 1 aliphatic heterocycles. The Morgan fingerprint density at radius 1 is 1.00 bits per heavy atom. The predicted octanol–water partition coefficient (Wildman–Crippen LogP) is 4.26. The lowest BCUT2D eigenvalue weighted by Crippen LogP contribution is -2.44. The molecule has 0 atom stereocenters. The number of halogens is 1. The van der Waals surface area contributed by atoms with Crippen molar-refractivity contribution in [2.75, 3.05) is 43.4 Å². The summed E-state index contributed by atoms with van der Waals surface area (Å²) < 4.78 is 20.6. The van der Waals surface area contributed by atoms with Crippen LogP contribution in [0.1, 0.15) is 18.1 Å². The standard InChI is InChI=1S/C24H25FN6O/c1-16-11-17-3-5-20(24(25)19(17)12-16)32-23-13-22(27-15-28-23)29-21-6-4-18(14-26-21)31-9-7-30(2)8-10-31/h3-6,12-15H,7-11H2,1-2H3,(H,26,27,28,29). The molecule has 1 saturated heterocycles. The molecule has 0 saturated carbocycles. The van der Waals surface area contributed by atoms with E-state index in [0.717, 1.165) is 49.4 Å². The van der Waals surface area contributed by atoms with Gasteiger partial charge in [0.1, 0.15) is 18.0 Å². The highest BCUT2D eigenvalue weighted by atomic mass is 19.1. The fraction of sp³-hybridized carbons (Fsp3) is 0.292. The van der Waals surface area contributed by atoms with Crippen LogP contribution in [0, 0.1) is 5.82 Å². The van der Waals surface area contributed by atoms with Crippen molar-refractivity contribution in [1.29, 1.82) is 0 Å². The average molecular weight is 433 g/mol. The highest BCUT2D eigenvalue weighted by Gasteiger charge is 2.19. The number of hydrogen-bond acceptors (Lipinski definition) is 7. The van der Waals surface area contributed by atoms with E-state index in [4.69, 9.17) is 4.74 Å². The molecular formula is C24H25FN6O. The largest absolute Gasteiger partial charge is 0.436 e. The number of likely N-dealkylation sites (N-methyl/N-ethyl adjacent to an activating group) is 1. The number of ether oxygens (including phenoxy) is 1. The fourth-order valence-corrected chi connectivity index (χ4v) is 4.02. The molecule has 0 spiro atoms. The lowest BCUT2D eigenvalue weighted by atomic mass is 10.1. The Morgan fingerprint density at radius 3 is 2.62 bits per heavy atom. The number of pyridine rings is 1. The summed E-state index contributed by atoms with van der Waals surface area (Å²) in [6.45, 7) is 6.07. The molecular weight excluding hydrogens is 407 g/mol. The fourth-order valence-electron chi connectivity index (χ4n) is 4.02. The van der Waals surface area contributed by atoms with E-state index in [1.165, 1.54) is 6.33 Å². The number of rotatable bonds is 5. The first kappa shape index (κ1) is 20.4. The van der Waals surface area contributed by atoms with E-state index >= 15 is 0 Å². The van der Waals surface area contributed by atoms with E-state index < -0.39 is 0 Å². The minimum absolute atomic E-state index is 0.147. The summed E-state index contributed by atoms with van der Waals surface area (Å²) in [4.78, 5) is 17.5. The second kappa shape index (κ2) is 8.55. The Morgan fingerprint density at radius 2 is 1.84 bits per heavy atom. The van der Waals surface area contributed by atoms with Gasteiger partial charge in [-0.1, -0.05) is 17.7 Å². The smallest absolute Gasteiger partial charge is 0.224 e. The van der Waals surface area contributed by atoms with Crippen LogP contribution in [0.5, 0.6) is 11.6 Å². The molecule has 0 amide bonds. The molecule has 5 rings (SSSR count). The summed E-state index contributed by atoms with van der Waals surface area (Å²) in [5.41, 5.74) is 3.81. The third kappa shape index (κ3) is 4.27. The van der Waals surface area contributed by atoms with Crippen LogP contribution in [0.25, 0.3) is 6.08 Å². The maximum Gasteiger partial charge on any atom is 0.224 e. The summed E-state index contributed by atoms with van der Waals surface area (Å²) in [5.74, 6) is 1.22. The van der Waals surface area contributed by atoms with Crippen LogP contribution in [0.3, 0.4) is 0 Å². The molecule has 0 radical (unpaired) electrons. The van der Waals surface area contributed by atoms with Gasteiger partial charge in [0.15, 0.2) is 11.6 Å². The minimum atomic E-state index is -0.367. The Kier molecular flexibility index (Phi) is 5.45. The van der Waals surface area contributed by atoms with Gasteiger partial charge in [-0.15, -0.1) is 0 Å². The van der Waals surface area contributed by atoms with Crippen molar-refractivity contribution in [2.24, 2.45) is 0 Å². The van der Waals surface area contributed by atoms with E-state index in [9.17, 15) is 4.39 Å². The lowest BCUT2D eigenvalue weighted by molar-refractivity contribution is 0.313. The molecule has 164 valence electrons. The van der Waals surface area contributed by atoms with Gasteiger partial charge in [0.2, 0.25) is 5.88 Å². The number of aromatic nitrogens is 3. The summed E-state index contributed by atoms with van der Waals surface area (Å²) >= 11 is 0. The molecule has 0 unspecified atom stereocenters. The number of nitrogens with zero attached hydrogens (tertiary/aromatic N) is 5.